The van der Waals surface area contributed by atoms with E-state index >= 15 is 0 Å². The highest BCUT2D eigenvalue weighted by Gasteiger charge is 2.08. The summed E-state index contributed by atoms with van der Waals surface area (Å²) in [5.41, 5.74) is 7.68. The first kappa shape index (κ1) is 12.4. The number of anilines is 1. The zero-order chi connectivity index (χ0) is 14.1. The molecule has 0 amide bonds. The van der Waals surface area contributed by atoms with Gasteiger partial charge in [0, 0.05) is 17.1 Å². The minimum Gasteiger partial charge on any atom is -0.436 e. The van der Waals surface area contributed by atoms with Gasteiger partial charge in [-0.15, -0.1) is 0 Å². The molecule has 2 N–H and O–H groups in total. The van der Waals surface area contributed by atoms with Gasteiger partial charge in [-0.2, -0.15) is 0 Å². The predicted molar refractivity (Wildman–Crippen MR) is 77.4 cm³/mol. The third-order valence-electron chi connectivity index (χ3n) is 3.06. The zero-order valence-corrected chi connectivity index (χ0v) is 10.9. The van der Waals surface area contributed by atoms with E-state index < -0.39 is 0 Å². The van der Waals surface area contributed by atoms with Crippen LogP contribution in [0.5, 0.6) is 11.6 Å². The van der Waals surface area contributed by atoms with Crippen molar-refractivity contribution in [1.29, 1.82) is 0 Å². The Morgan fingerprint density at radius 2 is 1.95 bits per heavy atom. The molecule has 0 aliphatic carbocycles. The summed E-state index contributed by atoms with van der Waals surface area (Å²) in [5.74, 6) is 0.158. The fraction of sp³-hybridized carbons (Fsp3) is 0.0625. The van der Waals surface area contributed by atoms with Crippen LogP contribution in [0.3, 0.4) is 0 Å². The molecule has 0 aliphatic rings. The highest BCUT2D eigenvalue weighted by atomic mass is 19.1. The van der Waals surface area contributed by atoms with E-state index in [0.29, 0.717) is 17.1 Å². The molecule has 100 valence electrons. The fourth-order valence-electron chi connectivity index (χ4n) is 1.99. The summed E-state index contributed by atoms with van der Waals surface area (Å²) >= 11 is 0. The topological polar surface area (TPSA) is 48.1 Å². The van der Waals surface area contributed by atoms with E-state index in [2.05, 4.69) is 4.98 Å². The number of aromatic nitrogens is 1. The number of halogens is 1. The van der Waals surface area contributed by atoms with Gasteiger partial charge in [0.15, 0.2) is 11.6 Å². The van der Waals surface area contributed by atoms with Gasteiger partial charge in [0.25, 0.3) is 0 Å². The molecule has 1 aromatic heterocycles. The third-order valence-corrected chi connectivity index (χ3v) is 3.06. The van der Waals surface area contributed by atoms with Crippen LogP contribution in [-0.2, 0) is 0 Å². The minimum absolute atomic E-state index is 0.173. The van der Waals surface area contributed by atoms with E-state index in [0.717, 1.165) is 10.9 Å². The molecule has 0 bridgehead atoms. The zero-order valence-electron chi connectivity index (χ0n) is 10.9. The van der Waals surface area contributed by atoms with Crippen molar-refractivity contribution in [3.8, 4) is 11.6 Å². The van der Waals surface area contributed by atoms with E-state index in [1.807, 2.05) is 18.2 Å². The lowest BCUT2D eigenvalue weighted by molar-refractivity contribution is 0.427. The van der Waals surface area contributed by atoms with Crippen molar-refractivity contribution in [3.05, 3.63) is 59.9 Å². The van der Waals surface area contributed by atoms with Crippen molar-refractivity contribution < 1.29 is 9.13 Å². The number of pyridine rings is 1. The number of benzene rings is 2. The number of rotatable bonds is 2. The van der Waals surface area contributed by atoms with E-state index in [1.165, 1.54) is 0 Å². The van der Waals surface area contributed by atoms with Crippen LogP contribution >= 0.6 is 0 Å². The van der Waals surface area contributed by atoms with Crippen LogP contribution < -0.4 is 10.5 Å². The molecule has 0 radical (unpaired) electrons. The Kier molecular flexibility index (Phi) is 2.99. The molecule has 0 fully saturated rings. The van der Waals surface area contributed by atoms with E-state index in [9.17, 15) is 4.39 Å². The van der Waals surface area contributed by atoms with Crippen LogP contribution in [0.4, 0.5) is 10.1 Å². The smallest absolute Gasteiger partial charge is 0.219 e. The lowest BCUT2D eigenvalue weighted by Crippen LogP contribution is -1.93. The fourth-order valence-corrected chi connectivity index (χ4v) is 1.99. The Balaban J connectivity index is 1.99. The normalized spacial score (nSPS) is 10.7. The molecule has 0 spiro atoms. The van der Waals surface area contributed by atoms with Crippen LogP contribution in [-0.4, -0.2) is 4.98 Å². The Morgan fingerprint density at radius 3 is 2.80 bits per heavy atom. The summed E-state index contributed by atoms with van der Waals surface area (Å²) in [6, 6.07) is 14.0. The Hall–Kier alpha value is -2.62. The van der Waals surface area contributed by atoms with Crippen LogP contribution in [0.15, 0.2) is 48.5 Å². The van der Waals surface area contributed by atoms with Gasteiger partial charge in [-0.25, -0.2) is 9.37 Å². The number of fused-ring (bicyclic) bond motifs is 1. The SMILES string of the molecule is Cc1cccc(Oc2ccc3cc(N)ccc3n2)c1F. The van der Waals surface area contributed by atoms with Crippen molar-refractivity contribution >= 4 is 16.6 Å². The molecular formula is C16H13FN2O. The highest BCUT2D eigenvalue weighted by molar-refractivity contribution is 5.82. The Morgan fingerprint density at radius 1 is 1.10 bits per heavy atom. The highest BCUT2D eigenvalue weighted by Crippen LogP contribution is 2.26. The van der Waals surface area contributed by atoms with Gasteiger partial charge in [-0.05, 0) is 42.8 Å². The summed E-state index contributed by atoms with van der Waals surface area (Å²) in [4.78, 5) is 4.34. The maximum Gasteiger partial charge on any atom is 0.219 e. The summed E-state index contributed by atoms with van der Waals surface area (Å²) in [6.07, 6.45) is 0. The number of hydrogen-bond donors (Lipinski definition) is 1. The van der Waals surface area contributed by atoms with Gasteiger partial charge in [0.1, 0.15) is 0 Å². The molecule has 0 unspecified atom stereocenters. The number of aryl methyl sites for hydroxylation is 1. The maximum atomic E-state index is 13.9. The second-order valence-corrected chi connectivity index (χ2v) is 4.59. The molecule has 20 heavy (non-hydrogen) atoms. The third kappa shape index (κ3) is 2.28. The summed E-state index contributed by atoms with van der Waals surface area (Å²) in [5, 5.41) is 0.919. The van der Waals surface area contributed by atoms with E-state index in [-0.39, 0.29) is 11.6 Å². The van der Waals surface area contributed by atoms with Crippen LogP contribution in [0.1, 0.15) is 5.56 Å². The molecule has 0 aliphatic heterocycles. The average molecular weight is 268 g/mol. The quantitative estimate of drug-likeness (QED) is 0.713. The molecule has 0 saturated carbocycles. The van der Waals surface area contributed by atoms with Crippen LogP contribution in [0.25, 0.3) is 10.9 Å². The molecular weight excluding hydrogens is 255 g/mol. The van der Waals surface area contributed by atoms with Gasteiger partial charge < -0.3 is 10.5 Å². The van der Waals surface area contributed by atoms with Gasteiger partial charge in [0.05, 0.1) is 5.52 Å². The van der Waals surface area contributed by atoms with Crippen molar-refractivity contribution in [2.24, 2.45) is 0 Å². The minimum atomic E-state index is -0.369. The number of nitrogens with two attached hydrogens (primary N) is 1. The maximum absolute atomic E-state index is 13.9. The number of hydrogen-bond acceptors (Lipinski definition) is 3. The molecule has 3 aromatic rings. The molecule has 2 aromatic carbocycles. The number of nitrogens with zero attached hydrogens (tertiary/aromatic N) is 1. The summed E-state index contributed by atoms with van der Waals surface area (Å²) < 4.78 is 19.4. The van der Waals surface area contributed by atoms with Gasteiger partial charge >= 0.3 is 0 Å². The van der Waals surface area contributed by atoms with Crippen LogP contribution in [0.2, 0.25) is 0 Å². The van der Waals surface area contributed by atoms with Crippen molar-refractivity contribution in [2.75, 3.05) is 5.73 Å². The number of nitrogen functional groups attached to an aromatic ring is 1. The first-order chi connectivity index (χ1) is 9.63. The molecule has 0 saturated heterocycles. The van der Waals surface area contributed by atoms with Gasteiger partial charge in [-0.1, -0.05) is 12.1 Å². The molecule has 0 atom stereocenters. The summed E-state index contributed by atoms with van der Waals surface area (Å²) in [6.45, 7) is 1.69. The van der Waals surface area contributed by atoms with Gasteiger partial charge in [0.2, 0.25) is 5.88 Å². The first-order valence-electron chi connectivity index (χ1n) is 6.23. The lowest BCUT2D eigenvalue weighted by Gasteiger charge is -2.08. The number of ether oxygens (including phenoxy) is 1. The monoisotopic (exact) mass is 268 g/mol. The van der Waals surface area contributed by atoms with Crippen molar-refractivity contribution in [2.45, 2.75) is 6.92 Å². The Bertz CT molecular complexity index is 787. The standard InChI is InChI=1S/C16H13FN2O/c1-10-3-2-4-14(16(10)17)20-15-8-5-11-9-12(18)6-7-13(11)19-15/h2-9H,18H2,1H3. The first-order valence-corrected chi connectivity index (χ1v) is 6.23. The molecule has 3 rings (SSSR count). The van der Waals surface area contributed by atoms with Crippen molar-refractivity contribution in [3.63, 3.8) is 0 Å². The second-order valence-electron chi connectivity index (χ2n) is 4.59. The van der Waals surface area contributed by atoms with Crippen LogP contribution in [0, 0.1) is 12.7 Å². The second kappa shape index (κ2) is 4.81. The largest absolute Gasteiger partial charge is 0.436 e. The van der Waals surface area contributed by atoms with Gasteiger partial charge in [-0.3, -0.25) is 0 Å². The lowest BCUT2D eigenvalue weighted by atomic mass is 10.2. The predicted octanol–water partition coefficient (Wildman–Crippen LogP) is 4.06. The van der Waals surface area contributed by atoms with Crippen molar-refractivity contribution in [1.82, 2.24) is 4.98 Å². The van der Waals surface area contributed by atoms with E-state index in [1.54, 1.807) is 37.3 Å². The molecule has 3 nitrogen and oxygen atoms in total. The average Bonchev–Trinajstić information content (AvgIpc) is 2.44. The molecule has 1 heterocycles. The van der Waals surface area contributed by atoms with E-state index in [4.69, 9.17) is 10.5 Å². The summed E-state index contributed by atoms with van der Waals surface area (Å²) in [7, 11) is 0. The Labute approximate surface area is 115 Å². The molecule has 4 heteroatoms.